The minimum Gasteiger partial charge on any atom is -0.497 e. The number of benzene rings is 1. The number of methoxy groups -OCH3 is 1. The second-order valence-electron chi connectivity index (χ2n) is 4.78. The number of carbonyl (C=O) groups excluding carboxylic acids is 3. The lowest BCUT2D eigenvalue weighted by atomic mass is 9.96. The lowest BCUT2D eigenvalue weighted by molar-refractivity contribution is -0.155. The molecule has 0 bridgehead atoms. The number of esters is 1. The van der Waals surface area contributed by atoms with E-state index in [0.29, 0.717) is 12.2 Å². The zero-order chi connectivity index (χ0) is 15.4. The largest absolute Gasteiger partial charge is 0.497 e. The Labute approximate surface area is 122 Å². The Hall–Kier alpha value is -2.37. The smallest absolute Gasteiger partial charge is 0.314 e. The van der Waals surface area contributed by atoms with Gasteiger partial charge < -0.3 is 9.47 Å². The Morgan fingerprint density at radius 1 is 1.33 bits per heavy atom. The van der Waals surface area contributed by atoms with Crippen LogP contribution >= 0.6 is 0 Å². The molecule has 1 aliphatic rings. The third-order valence-electron chi connectivity index (χ3n) is 3.40. The van der Waals surface area contributed by atoms with Gasteiger partial charge in [0.1, 0.15) is 5.75 Å². The number of hydrogen-bond donors (Lipinski definition) is 1. The fraction of sp³-hybridized carbons (Fsp3) is 0.400. The van der Waals surface area contributed by atoms with Gasteiger partial charge in [-0.3, -0.25) is 19.7 Å². The Bertz CT molecular complexity index is 552. The number of ether oxygens (including phenoxy) is 2. The van der Waals surface area contributed by atoms with Crippen LogP contribution in [0.1, 0.15) is 31.2 Å². The normalized spacial score (nSPS) is 19.0. The highest BCUT2D eigenvalue weighted by Gasteiger charge is 2.35. The first kappa shape index (κ1) is 15.0. The Balaban J connectivity index is 2.07. The predicted molar refractivity (Wildman–Crippen MR) is 73.7 cm³/mol. The molecule has 0 saturated carbocycles. The van der Waals surface area contributed by atoms with Gasteiger partial charge in [-0.2, -0.15) is 0 Å². The van der Waals surface area contributed by atoms with Crippen LogP contribution in [0.2, 0.25) is 0 Å². The molecule has 2 rings (SSSR count). The molecule has 1 heterocycles. The molecule has 1 aliphatic heterocycles. The van der Waals surface area contributed by atoms with E-state index >= 15 is 0 Å². The van der Waals surface area contributed by atoms with E-state index in [0.717, 1.165) is 5.56 Å². The first-order valence-electron chi connectivity index (χ1n) is 6.73. The van der Waals surface area contributed by atoms with E-state index in [1.54, 1.807) is 31.4 Å². The molecule has 1 aromatic carbocycles. The maximum absolute atomic E-state index is 12.2. The van der Waals surface area contributed by atoms with Crippen molar-refractivity contribution in [2.45, 2.75) is 31.8 Å². The van der Waals surface area contributed by atoms with E-state index in [4.69, 9.17) is 9.47 Å². The van der Waals surface area contributed by atoms with Crippen LogP contribution in [0.3, 0.4) is 0 Å². The first-order chi connectivity index (χ1) is 10.0. The lowest BCUT2D eigenvalue weighted by Gasteiger charge is -2.17. The van der Waals surface area contributed by atoms with Gasteiger partial charge in [0.05, 0.1) is 19.4 Å². The van der Waals surface area contributed by atoms with E-state index in [9.17, 15) is 14.4 Å². The van der Waals surface area contributed by atoms with E-state index in [1.807, 2.05) is 6.92 Å². The molecule has 6 nitrogen and oxygen atoms in total. The van der Waals surface area contributed by atoms with Crippen molar-refractivity contribution in [2.75, 3.05) is 7.11 Å². The molecule has 21 heavy (non-hydrogen) atoms. The summed E-state index contributed by atoms with van der Waals surface area (Å²) in [6, 6.07) is 7.09. The van der Waals surface area contributed by atoms with Crippen LogP contribution in [0.15, 0.2) is 24.3 Å². The summed E-state index contributed by atoms with van der Waals surface area (Å²) in [5, 5.41) is 2.11. The van der Waals surface area contributed by atoms with E-state index < -0.39 is 29.8 Å². The summed E-state index contributed by atoms with van der Waals surface area (Å²) < 4.78 is 10.2. The summed E-state index contributed by atoms with van der Waals surface area (Å²) >= 11 is 0. The van der Waals surface area contributed by atoms with Gasteiger partial charge in [0.25, 0.3) is 5.91 Å². The summed E-state index contributed by atoms with van der Waals surface area (Å²) in [5.74, 6) is -1.26. The van der Waals surface area contributed by atoms with Crippen molar-refractivity contribution in [3.8, 4) is 5.75 Å². The molecule has 0 spiro atoms. The average Bonchev–Trinajstić information content (AvgIpc) is 2.78. The molecule has 1 saturated heterocycles. The Morgan fingerprint density at radius 2 is 2.00 bits per heavy atom. The van der Waals surface area contributed by atoms with Gasteiger partial charge in [0, 0.05) is 0 Å². The third-order valence-corrected chi connectivity index (χ3v) is 3.40. The van der Waals surface area contributed by atoms with Gasteiger partial charge in [0.15, 0.2) is 6.10 Å². The van der Waals surface area contributed by atoms with Crippen molar-refractivity contribution in [3.63, 3.8) is 0 Å². The Kier molecular flexibility index (Phi) is 4.57. The minimum absolute atomic E-state index is 0.108. The molecule has 1 fully saturated rings. The van der Waals surface area contributed by atoms with Crippen molar-refractivity contribution in [1.82, 2.24) is 5.32 Å². The summed E-state index contributed by atoms with van der Waals surface area (Å²) in [5.41, 5.74) is 0.785. The molecule has 6 heteroatoms. The number of hydrogen-bond acceptors (Lipinski definition) is 5. The molecular formula is C15H17NO5. The van der Waals surface area contributed by atoms with Crippen molar-refractivity contribution in [1.29, 1.82) is 0 Å². The molecule has 0 radical (unpaired) electrons. The molecule has 2 atom stereocenters. The van der Waals surface area contributed by atoms with Crippen LogP contribution in [0, 0.1) is 0 Å². The molecule has 112 valence electrons. The van der Waals surface area contributed by atoms with Gasteiger partial charge in [-0.25, -0.2) is 0 Å². The average molecular weight is 291 g/mol. The number of nitrogens with one attached hydrogen (secondary N) is 1. The van der Waals surface area contributed by atoms with Crippen molar-refractivity contribution in [3.05, 3.63) is 29.8 Å². The molecular weight excluding hydrogens is 274 g/mol. The maximum Gasteiger partial charge on any atom is 0.314 e. The second kappa shape index (κ2) is 6.39. The minimum atomic E-state index is -1.02. The second-order valence-corrected chi connectivity index (χ2v) is 4.78. The number of imide groups is 1. The Morgan fingerprint density at radius 3 is 2.48 bits per heavy atom. The summed E-state index contributed by atoms with van der Waals surface area (Å²) in [6.07, 6.45) is -0.589. The van der Waals surface area contributed by atoms with Crippen LogP contribution in [0.25, 0.3) is 0 Å². The van der Waals surface area contributed by atoms with Crippen molar-refractivity contribution >= 4 is 17.8 Å². The zero-order valence-corrected chi connectivity index (χ0v) is 11.9. The number of carbonyl (C=O) groups is 3. The molecule has 2 amide bonds. The van der Waals surface area contributed by atoms with Crippen LogP contribution in [0.4, 0.5) is 0 Å². The molecule has 2 unspecified atom stereocenters. The fourth-order valence-corrected chi connectivity index (χ4v) is 2.22. The van der Waals surface area contributed by atoms with Gasteiger partial charge in [-0.05, 0) is 24.1 Å². The highest BCUT2D eigenvalue weighted by Crippen LogP contribution is 2.24. The highest BCUT2D eigenvalue weighted by molar-refractivity contribution is 6.05. The topological polar surface area (TPSA) is 81.7 Å². The van der Waals surface area contributed by atoms with Gasteiger partial charge in [0.2, 0.25) is 5.91 Å². The highest BCUT2D eigenvalue weighted by atomic mass is 16.5. The molecule has 1 N–H and O–H groups in total. The standard InChI is InChI=1S/C15H17NO5/c1-3-11(9-4-6-10(20-2)7-5-9)15(19)21-12-8-13(17)16-14(12)18/h4-7,11-12H,3,8H2,1-2H3,(H,16,17,18). The molecule has 1 aromatic rings. The van der Waals surface area contributed by atoms with Crippen LogP contribution in [-0.2, 0) is 19.1 Å². The van der Waals surface area contributed by atoms with E-state index in [1.165, 1.54) is 0 Å². The number of rotatable bonds is 5. The number of amides is 2. The predicted octanol–water partition coefficient (Wildman–Crippen LogP) is 1.15. The van der Waals surface area contributed by atoms with Crippen LogP contribution in [0.5, 0.6) is 5.75 Å². The quantitative estimate of drug-likeness (QED) is 0.650. The van der Waals surface area contributed by atoms with Gasteiger partial charge in [-0.1, -0.05) is 19.1 Å². The first-order valence-corrected chi connectivity index (χ1v) is 6.73. The van der Waals surface area contributed by atoms with Gasteiger partial charge in [-0.15, -0.1) is 0 Å². The van der Waals surface area contributed by atoms with Gasteiger partial charge >= 0.3 is 5.97 Å². The zero-order valence-electron chi connectivity index (χ0n) is 11.9. The van der Waals surface area contributed by atoms with Crippen molar-refractivity contribution in [2.24, 2.45) is 0 Å². The monoisotopic (exact) mass is 291 g/mol. The fourth-order valence-electron chi connectivity index (χ4n) is 2.22. The summed E-state index contributed by atoms with van der Waals surface area (Å²) in [4.78, 5) is 34.7. The van der Waals surface area contributed by atoms with E-state index in [-0.39, 0.29) is 6.42 Å². The maximum atomic E-state index is 12.2. The van der Waals surface area contributed by atoms with E-state index in [2.05, 4.69) is 5.32 Å². The van der Waals surface area contributed by atoms with Crippen LogP contribution < -0.4 is 10.1 Å². The summed E-state index contributed by atoms with van der Waals surface area (Å²) in [7, 11) is 1.57. The molecule has 0 aromatic heterocycles. The van der Waals surface area contributed by atoms with Crippen LogP contribution in [-0.4, -0.2) is 31.0 Å². The van der Waals surface area contributed by atoms with Crippen molar-refractivity contribution < 1.29 is 23.9 Å². The summed E-state index contributed by atoms with van der Waals surface area (Å²) in [6.45, 7) is 1.86. The third kappa shape index (κ3) is 3.39. The SMILES string of the molecule is CCC(C(=O)OC1CC(=O)NC1=O)c1ccc(OC)cc1. The lowest BCUT2D eigenvalue weighted by Crippen LogP contribution is -2.30. The molecule has 0 aliphatic carbocycles.